The Labute approximate surface area is 71.3 Å². The van der Waals surface area contributed by atoms with Gasteiger partial charge in [-0.25, -0.2) is 0 Å². The third-order valence-electron chi connectivity index (χ3n) is 1.95. The third kappa shape index (κ3) is 1.18. The van der Waals surface area contributed by atoms with Crippen LogP contribution in [0, 0.1) is 17.2 Å². The largest absolute Gasteiger partial charge is 0.302 e. The van der Waals surface area contributed by atoms with Crippen molar-refractivity contribution >= 4 is 11.5 Å². The first-order chi connectivity index (χ1) is 5.49. The van der Waals surface area contributed by atoms with E-state index in [4.69, 9.17) is 5.26 Å². The van der Waals surface area contributed by atoms with Gasteiger partial charge in [-0.05, 0) is 13.8 Å². The van der Waals surface area contributed by atoms with Gasteiger partial charge in [0.15, 0.2) is 5.78 Å². The number of hydrazone groups is 1. The van der Waals surface area contributed by atoms with Gasteiger partial charge >= 0.3 is 0 Å². The van der Waals surface area contributed by atoms with Crippen molar-refractivity contribution in [3.05, 3.63) is 0 Å². The number of hydrogen-bond donors (Lipinski definition) is 1. The fourth-order valence-electron chi connectivity index (χ4n) is 1.18. The quantitative estimate of drug-likeness (QED) is 0.613. The minimum atomic E-state index is -0.435. The molecule has 1 rings (SSSR count). The number of carbonyl (C=O) groups excluding carboxylic acids is 1. The van der Waals surface area contributed by atoms with Crippen LogP contribution in [0.3, 0.4) is 0 Å². The highest BCUT2D eigenvalue weighted by Crippen LogP contribution is 2.23. The molecule has 0 aliphatic carbocycles. The lowest BCUT2D eigenvalue weighted by Gasteiger charge is -2.20. The van der Waals surface area contributed by atoms with E-state index in [0.717, 1.165) is 0 Å². The van der Waals surface area contributed by atoms with E-state index in [1.54, 1.807) is 0 Å². The van der Waals surface area contributed by atoms with Crippen LogP contribution in [0.5, 0.6) is 0 Å². The predicted molar refractivity (Wildman–Crippen MR) is 44.4 cm³/mol. The lowest BCUT2D eigenvalue weighted by atomic mass is 9.86. The van der Waals surface area contributed by atoms with Gasteiger partial charge in [0.05, 0.1) is 11.6 Å². The fraction of sp³-hybridized carbons (Fsp3) is 0.625. The minimum Gasteiger partial charge on any atom is -0.302 e. The molecule has 1 aliphatic rings. The molecule has 0 aromatic rings. The Hall–Kier alpha value is -1.37. The van der Waals surface area contributed by atoms with Gasteiger partial charge in [0.2, 0.25) is 0 Å². The summed E-state index contributed by atoms with van der Waals surface area (Å²) in [5.74, 6) is -0.574. The summed E-state index contributed by atoms with van der Waals surface area (Å²) in [4.78, 5) is 11.0. The topological polar surface area (TPSA) is 65.2 Å². The van der Waals surface area contributed by atoms with E-state index in [0.29, 0.717) is 5.71 Å². The number of ketones is 1. The second-order valence-electron chi connectivity index (χ2n) is 3.45. The van der Waals surface area contributed by atoms with E-state index in [-0.39, 0.29) is 5.78 Å². The van der Waals surface area contributed by atoms with Gasteiger partial charge in [-0.1, -0.05) is 0 Å². The van der Waals surface area contributed by atoms with Gasteiger partial charge in [0.25, 0.3) is 0 Å². The molecule has 0 saturated carbocycles. The number of Topliss-reactive ketones (excluding diaryl/α,β-unsaturated/α-hetero) is 1. The van der Waals surface area contributed by atoms with E-state index >= 15 is 0 Å². The van der Waals surface area contributed by atoms with Crippen molar-refractivity contribution in [2.45, 2.75) is 26.3 Å². The average molecular weight is 165 g/mol. The summed E-state index contributed by atoms with van der Waals surface area (Å²) in [5.41, 5.74) is 2.69. The zero-order chi connectivity index (χ0) is 9.35. The molecule has 1 heterocycles. The van der Waals surface area contributed by atoms with Crippen molar-refractivity contribution in [1.82, 2.24) is 5.43 Å². The van der Waals surface area contributed by atoms with E-state index in [1.165, 1.54) is 6.92 Å². The number of nitrogens with one attached hydrogen (secondary N) is 1. The van der Waals surface area contributed by atoms with Crippen molar-refractivity contribution in [1.29, 1.82) is 5.26 Å². The molecule has 4 heteroatoms. The first-order valence-electron chi connectivity index (χ1n) is 3.74. The first-order valence-corrected chi connectivity index (χ1v) is 3.74. The highest BCUT2D eigenvalue weighted by Gasteiger charge is 2.40. The normalized spacial score (nSPS) is 25.5. The summed E-state index contributed by atoms with van der Waals surface area (Å²) in [6, 6.07) is 2.07. The van der Waals surface area contributed by atoms with Gasteiger partial charge in [0, 0.05) is 6.92 Å². The molecule has 1 aliphatic heterocycles. The van der Waals surface area contributed by atoms with E-state index in [9.17, 15) is 4.79 Å². The van der Waals surface area contributed by atoms with Crippen molar-refractivity contribution in [2.24, 2.45) is 11.0 Å². The Morgan fingerprint density at radius 1 is 1.75 bits per heavy atom. The van der Waals surface area contributed by atoms with E-state index in [1.807, 2.05) is 13.8 Å². The second-order valence-corrected chi connectivity index (χ2v) is 3.45. The Kier molecular flexibility index (Phi) is 1.89. The lowest BCUT2D eigenvalue weighted by molar-refractivity contribution is -0.111. The SMILES string of the molecule is CC(=O)C1=NNC(C)(C)C1C#N. The third-order valence-corrected chi connectivity index (χ3v) is 1.95. The summed E-state index contributed by atoms with van der Waals surface area (Å²) in [5, 5.41) is 12.6. The molecule has 1 N–H and O–H groups in total. The first kappa shape index (κ1) is 8.72. The van der Waals surface area contributed by atoms with Crippen LogP contribution in [-0.4, -0.2) is 17.0 Å². The molecule has 0 aromatic carbocycles. The second kappa shape index (κ2) is 2.59. The number of nitriles is 1. The monoisotopic (exact) mass is 165 g/mol. The van der Waals surface area contributed by atoms with E-state index in [2.05, 4.69) is 16.6 Å². The molecule has 0 bridgehead atoms. The number of rotatable bonds is 1. The van der Waals surface area contributed by atoms with Crippen molar-refractivity contribution in [3.8, 4) is 6.07 Å². The van der Waals surface area contributed by atoms with Crippen LogP contribution in [0.4, 0.5) is 0 Å². The molecule has 4 nitrogen and oxygen atoms in total. The molecule has 0 fully saturated rings. The van der Waals surface area contributed by atoms with Crippen molar-refractivity contribution in [3.63, 3.8) is 0 Å². The van der Waals surface area contributed by atoms with E-state index < -0.39 is 11.5 Å². The fourth-order valence-corrected chi connectivity index (χ4v) is 1.18. The number of hydrogen-bond acceptors (Lipinski definition) is 4. The standard InChI is InChI=1S/C8H11N3O/c1-5(12)7-6(4-9)8(2,3)11-10-7/h6,11H,1-3H3. The highest BCUT2D eigenvalue weighted by molar-refractivity contribution is 6.41. The van der Waals surface area contributed by atoms with Crippen LogP contribution in [0.2, 0.25) is 0 Å². The van der Waals surface area contributed by atoms with Gasteiger partial charge in [-0.3, -0.25) is 4.79 Å². The Bertz CT molecular complexity index is 285. The van der Waals surface area contributed by atoms with Crippen LogP contribution in [0.15, 0.2) is 5.10 Å². The molecule has 0 aromatic heterocycles. The van der Waals surface area contributed by atoms with Crippen LogP contribution in [0.1, 0.15) is 20.8 Å². The van der Waals surface area contributed by atoms with Gasteiger partial charge in [0.1, 0.15) is 11.6 Å². The molecule has 0 amide bonds. The van der Waals surface area contributed by atoms with Gasteiger partial charge in [-0.15, -0.1) is 0 Å². The maximum absolute atomic E-state index is 11.0. The summed E-state index contributed by atoms with van der Waals surface area (Å²) in [6.07, 6.45) is 0. The summed E-state index contributed by atoms with van der Waals surface area (Å²) < 4.78 is 0. The molecular weight excluding hydrogens is 154 g/mol. The summed E-state index contributed by atoms with van der Waals surface area (Å²) in [7, 11) is 0. The summed E-state index contributed by atoms with van der Waals surface area (Å²) in [6.45, 7) is 5.12. The Morgan fingerprint density at radius 3 is 2.67 bits per heavy atom. The smallest absolute Gasteiger partial charge is 0.177 e. The number of nitrogens with zero attached hydrogens (tertiary/aromatic N) is 2. The highest BCUT2D eigenvalue weighted by atomic mass is 16.1. The average Bonchev–Trinajstić information content (AvgIpc) is 2.24. The maximum Gasteiger partial charge on any atom is 0.177 e. The predicted octanol–water partition coefficient (Wildman–Crippen LogP) is 0.453. The van der Waals surface area contributed by atoms with Gasteiger partial charge in [-0.2, -0.15) is 10.4 Å². The molecule has 1 atom stereocenters. The molecule has 0 radical (unpaired) electrons. The minimum absolute atomic E-state index is 0.139. The molecule has 64 valence electrons. The zero-order valence-corrected chi connectivity index (χ0v) is 7.38. The van der Waals surface area contributed by atoms with Crippen molar-refractivity contribution < 1.29 is 4.79 Å². The lowest BCUT2D eigenvalue weighted by Crippen LogP contribution is -2.40. The van der Waals surface area contributed by atoms with Crippen LogP contribution in [-0.2, 0) is 4.79 Å². The molecule has 0 saturated heterocycles. The summed E-state index contributed by atoms with van der Waals surface area (Å²) >= 11 is 0. The molecule has 1 unspecified atom stereocenters. The van der Waals surface area contributed by atoms with Crippen LogP contribution < -0.4 is 5.43 Å². The zero-order valence-electron chi connectivity index (χ0n) is 7.38. The molecular formula is C8H11N3O. The number of carbonyl (C=O) groups is 1. The Morgan fingerprint density at radius 2 is 2.33 bits per heavy atom. The Balaban J connectivity index is 2.97. The molecule has 12 heavy (non-hydrogen) atoms. The maximum atomic E-state index is 11.0. The van der Waals surface area contributed by atoms with Crippen LogP contribution in [0.25, 0.3) is 0 Å². The van der Waals surface area contributed by atoms with Crippen LogP contribution >= 0.6 is 0 Å². The molecule has 0 spiro atoms. The van der Waals surface area contributed by atoms with Gasteiger partial charge < -0.3 is 5.43 Å². The van der Waals surface area contributed by atoms with Crippen molar-refractivity contribution in [2.75, 3.05) is 0 Å².